The second-order valence-electron chi connectivity index (χ2n) is 7.29. The fraction of sp³-hybridized carbons (Fsp3) is 0.571. The van der Waals surface area contributed by atoms with Gasteiger partial charge in [0, 0.05) is 44.2 Å². The van der Waals surface area contributed by atoms with E-state index in [2.05, 4.69) is 15.2 Å². The van der Waals surface area contributed by atoms with Crippen LogP contribution in [0.5, 0.6) is 0 Å². The Kier molecular flexibility index (Phi) is 7.42. The van der Waals surface area contributed by atoms with Gasteiger partial charge in [0.1, 0.15) is 5.82 Å². The van der Waals surface area contributed by atoms with Crippen molar-refractivity contribution in [1.82, 2.24) is 15.1 Å². The highest BCUT2D eigenvalue weighted by molar-refractivity contribution is 5.82. The smallest absolute Gasteiger partial charge is 0.225 e. The van der Waals surface area contributed by atoms with E-state index in [-0.39, 0.29) is 24.2 Å². The van der Waals surface area contributed by atoms with Crippen molar-refractivity contribution in [2.24, 2.45) is 10.9 Å². The van der Waals surface area contributed by atoms with Crippen molar-refractivity contribution < 1.29 is 13.9 Å². The molecular weight excluding hydrogens is 373 g/mol. The van der Waals surface area contributed by atoms with Gasteiger partial charge in [-0.2, -0.15) is 5.26 Å². The summed E-state index contributed by atoms with van der Waals surface area (Å²) in [6.45, 7) is 6.90. The van der Waals surface area contributed by atoms with Crippen LogP contribution in [0.2, 0.25) is 0 Å². The zero-order valence-electron chi connectivity index (χ0n) is 16.9. The number of likely N-dealkylation sites (tertiary alicyclic amines) is 1. The highest BCUT2D eigenvalue weighted by Crippen LogP contribution is 2.21. The molecule has 3 rings (SSSR count). The molecule has 29 heavy (non-hydrogen) atoms. The molecule has 0 saturated carbocycles. The van der Waals surface area contributed by atoms with E-state index in [1.54, 1.807) is 0 Å². The van der Waals surface area contributed by atoms with Crippen LogP contribution in [0, 0.1) is 23.1 Å². The molecule has 1 amide bonds. The molecule has 0 unspecified atom stereocenters. The molecule has 0 spiro atoms. The number of piperidine rings is 1. The first kappa shape index (κ1) is 21.1. The monoisotopic (exact) mass is 401 g/mol. The quantitative estimate of drug-likeness (QED) is 0.614. The van der Waals surface area contributed by atoms with E-state index in [1.807, 2.05) is 17.9 Å². The Morgan fingerprint density at radius 3 is 2.66 bits per heavy atom. The third-order valence-corrected chi connectivity index (χ3v) is 5.38. The maximum absolute atomic E-state index is 14.0. The molecule has 0 aliphatic carbocycles. The average Bonchev–Trinajstić information content (AvgIpc) is 2.78. The van der Waals surface area contributed by atoms with Crippen molar-refractivity contribution in [3.8, 4) is 6.07 Å². The minimum absolute atomic E-state index is 0.0389. The molecule has 2 heterocycles. The van der Waals surface area contributed by atoms with Gasteiger partial charge in [0.15, 0.2) is 5.96 Å². The van der Waals surface area contributed by atoms with Crippen LogP contribution in [0.4, 0.5) is 4.39 Å². The third kappa shape index (κ3) is 5.45. The molecular formula is C21H28FN5O2. The van der Waals surface area contributed by atoms with Gasteiger partial charge < -0.3 is 19.9 Å². The van der Waals surface area contributed by atoms with Gasteiger partial charge in [-0.25, -0.2) is 9.38 Å². The third-order valence-electron chi connectivity index (χ3n) is 5.38. The first-order valence-electron chi connectivity index (χ1n) is 10.2. The van der Waals surface area contributed by atoms with Crippen LogP contribution in [-0.4, -0.2) is 67.6 Å². The van der Waals surface area contributed by atoms with Gasteiger partial charge in [-0.05, 0) is 38.0 Å². The second kappa shape index (κ2) is 10.2. The van der Waals surface area contributed by atoms with Crippen molar-refractivity contribution in [2.75, 3.05) is 45.9 Å². The second-order valence-corrected chi connectivity index (χ2v) is 7.29. The van der Waals surface area contributed by atoms with E-state index >= 15 is 0 Å². The van der Waals surface area contributed by atoms with Gasteiger partial charge in [0.2, 0.25) is 5.91 Å². The van der Waals surface area contributed by atoms with Crippen LogP contribution < -0.4 is 5.32 Å². The minimum Gasteiger partial charge on any atom is -0.378 e. The first-order chi connectivity index (χ1) is 14.1. The summed E-state index contributed by atoms with van der Waals surface area (Å²) in [6.07, 6.45) is 1.55. The molecule has 7 nitrogen and oxygen atoms in total. The predicted molar refractivity (Wildman–Crippen MR) is 108 cm³/mol. The summed E-state index contributed by atoms with van der Waals surface area (Å²) < 4.78 is 19.4. The zero-order chi connectivity index (χ0) is 20.6. The van der Waals surface area contributed by atoms with Crippen molar-refractivity contribution in [3.63, 3.8) is 0 Å². The lowest BCUT2D eigenvalue weighted by molar-refractivity contribution is -0.140. The number of guanidine groups is 1. The normalized spacial score (nSPS) is 18.4. The molecule has 0 aromatic heterocycles. The van der Waals surface area contributed by atoms with E-state index in [1.165, 1.54) is 18.2 Å². The zero-order valence-corrected chi connectivity index (χ0v) is 16.9. The molecule has 2 saturated heterocycles. The van der Waals surface area contributed by atoms with Crippen LogP contribution in [-0.2, 0) is 16.1 Å². The molecule has 2 aliphatic heterocycles. The maximum atomic E-state index is 14.0. The van der Waals surface area contributed by atoms with Gasteiger partial charge in [0.05, 0.1) is 31.4 Å². The molecule has 0 bridgehead atoms. The summed E-state index contributed by atoms with van der Waals surface area (Å²) in [5.74, 6) is 0.618. The van der Waals surface area contributed by atoms with E-state index < -0.39 is 0 Å². The first-order valence-corrected chi connectivity index (χ1v) is 10.2. The Morgan fingerprint density at radius 1 is 1.28 bits per heavy atom. The van der Waals surface area contributed by atoms with Gasteiger partial charge in [0.25, 0.3) is 0 Å². The Hall–Kier alpha value is -2.66. The molecule has 156 valence electrons. The predicted octanol–water partition coefficient (Wildman–Crippen LogP) is 1.73. The molecule has 1 N–H and O–H groups in total. The highest BCUT2D eigenvalue weighted by Gasteiger charge is 2.30. The number of amides is 1. The fourth-order valence-electron chi connectivity index (χ4n) is 3.73. The standard InChI is InChI=1S/C21H28FN5O2/c1-2-24-21(25-15-18-13-16(14-23)3-4-19(18)22)27-7-5-17(6-8-27)20(28)26-9-11-29-12-10-26/h3-4,13,17H,2,5-12,15H2,1H3,(H,24,25). The van der Waals surface area contributed by atoms with Crippen LogP contribution in [0.1, 0.15) is 30.9 Å². The number of morpholine rings is 1. The number of halogens is 1. The summed E-state index contributed by atoms with van der Waals surface area (Å²) in [5, 5.41) is 12.3. The molecule has 8 heteroatoms. The SMILES string of the molecule is CCNC(=NCc1cc(C#N)ccc1F)N1CCC(C(=O)N2CCOCC2)CC1. The van der Waals surface area contributed by atoms with E-state index in [0.717, 1.165) is 25.9 Å². The number of rotatable bonds is 4. The summed E-state index contributed by atoms with van der Waals surface area (Å²) in [6, 6.07) is 6.33. The Balaban J connectivity index is 1.61. The van der Waals surface area contributed by atoms with Gasteiger partial charge in [-0.3, -0.25) is 4.79 Å². The number of carbonyl (C=O) groups is 1. The number of nitrogens with zero attached hydrogens (tertiary/aromatic N) is 4. The number of hydrogen-bond acceptors (Lipinski definition) is 4. The molecule has 0 radical (unpaired) electrons. The average molecular weight is 401 g/mol. The molecule has 2 fully saturated rings. The van der Waals surface area contributed by atoms with Crippen LogP contribution in [0.15, 0.2) is 23.2 Å². The van der Waals surface area contributed by atoms with E-state index in [0.29, 0.717) is 49.9 Å². The van der Waals surface area contributed by atoms with Crippen molar-refractivity contribution in [3.05, 3.63) is 35.1 Å². The molecule has 1 aromatic carbocycles. The lowest BCUT2D eigenvalue weighted by atomic mass is 9.95. The fourth-order valence-corrected chi connectivity index (χ4v) is 3.73. The number of carbonyl (C=O) groups excluding carboxylic acids is 1. The number of hydrogen-bond donors (Lipinski definition) is 1. The van der Waals surface area contributed by atoms with Crippen molar-refractivity contribution >= 4 is 11.9 Å². The molecule has 1 aromatic rings. The lowest BCUT2D eigenvalue weighted by Gasteiger charge is -2.36. The maximum Gasteiger partial charge on any atom is 0.225 e. The minimum atomic E-state index is -0.363. The molecule has 0 atom stereocenters. The number of nitrogens with one attached hydrogen (secondary N) is 1. The largest absolute Gasteiger partial charge is 0.378 e. The summed E-state index contributed by atoms with van der Waals surface area (Å²) >= 11 is 0. The number of aliphatic imine (C=N–C) groups is 1. The Bertz CT molecular complexity index is 778. The topological polar surface area (TPSA) is 81.0 Å². The van der Waals surface area contributed by atoms with Gasteiger partial charge in [-0.1, -0.05) is 0 Å². The van der Waals surface area contributed by atoms with Gasteiger partial charge >= 0.3 is 0 Å². The van der Waals surface area contributed by atoms with Crippen molar-refractivity contribution in [1.29, 1.82) is 5.26 Å². The summed E-state index contributed by atoms with van der Waals surface area (Å²) in [5.41, 5.74) is 0.820. The van der Waals surface area contributed by atoms with Crippen LogP contribution >= 0.6 is 0 Å². The Morgan fingerprint density at radius 2 is 2.00 bits per heavy atom. The van der Waals surface area contributed by atoms with Crippen LogP contribution in [0.3, 0.4) is 0 Å². The van der Waals surface area contributed by atoms with Crippen LogP contribution in [0.25, 0.3) is 0 Å². The molecule has 2 aliphatic rings. The Labute approximate surface area is 171 Å². The van der Waals surface area contributed by atoms with E-state index in [9.17, 15) is 9.18 Å². The number of benzene rings is 1. The number of nitriles is 1. The van der Waals surface area contributed by atoms with E-state index in [4.69, 9.17) is 10.00 Å². The van der Waals surface area contributed by atoms with Crippen molar-refractivity contribution in [2.45, 2.75) is 26.3 Å². The summed E-state index contributed by atoms with van der Waals surface area (Å²) in [4.78, 5) is 21.3. The van der Waals surface area contributed by atoms with Gasteiger partial charge in [-0.15, -0.1) is 0 Å². The summed E-state index contributed by atoms with van der Waals surface area (Å²) in [7, 11) is 0. The highest BCUT2D eigenvalue weighted by atomic mass is 19.1. The number of ether oxygens (including phenoxy) is 1. The lowest BCUT2D eigenvalue weighted by Crippen LogP contribution is -2.50.